The van der Waals surface area contributed by atoms with Crippen LogP contribution in [-0.4, -0.2) is 46.7 Å². The third-order valence-corrected chi connectivity index (χ3v) is 20.4. The Balaban J connectivity index is 0.000000124. The second-order valence-electron chi connectivity index (χ2n) is 28.0. The highest BCUT2D eigenvalue weighted by Crippen LogP contribution is 2.40. The maximum Gasteiger partial charge on any atom is 0.338 e. The van der Waals surface area contributed by atoms with Crippen LogP contribution in [0.2, 0.25) is 0 Å². The van der Waals surface area contributed by atoms with E-state index in [1.165, 1.54) is 71.0 Å². The molecule has 5 heterocycles. The summed E-state index contributed by atoms with van der Waals surface area (Å²) in [5.74, 6) is -0.106. The summed E-state index contributed by atoms with van der Waals surface area (Å²) >= 11 is 0. The molecule has 13 aromatic carbocycles. The SMILES string of the molecule is C=C(C)C(=O)Oc1ccc(-n2c3ccccc3c3cc(OC(=O)C(=C)C)ccc32)cc1.C=CC(=O)Oc1ccc(-n2c3ccccc3c3cc(OC(=O)C=C)ccc32)cc1.C=CCc1cccc2c1c1ccccc1n2CC=C.C=Cc1ccc(-n2c3ccccc3c3cccc(C=C)c32)cc1.C=Cc1ccc2c(c1)c1ccccc1n2C=C. The minimum absolute atomic E-state index is 0.342. The number of fused-ring (bicyclic) bond motifs is 15. The van der Waals surface area contributed by atoms with E-state index in [4.69, 9.17) is 18.9 Å². The Labute approximate surface area is 689 Å². The number of hydrogen-bond acceptors (Lipinski definition) is 8. The van der Waals surface area contributed by atoms with Crippen molar-refractivity contribution in [3.63, 3.8) is 0 Å². The first-order chi connectivity index (χ1) is 58.0. The van der Waals surface area contributed by atoms with Gasteiger partial charge in [0.15, 0.2) is 0 Å². The van der Waals surface area contributed by atoms with Crippen LogP contribution < -0.4 is 18.9 Å². The predicted octanol–water partition coefficient (Wildman–Crippen LogP) is 26.0. The Bertz CT molecular complexity index is 7110. The molecule has 0 aliphatic heterocycles. The fourth-order valence-corrected chi connectivity index (χ4v) is 15.0. The van der Waals surface area contributed by atoms with Crippen LogP contribution in [0, 0.1) is 0 Å². The molecule has 582 valence electrons. The maximum absolute atomic E-state index is 11.9. The molecular formula is C106H85N5O8. The Morgan fingerprint density at radius 3 is 1.23 bits per heavy atom. The van der Waals surface area contributed by atoms with E-state index >= 15 is 0 Å². The summed E-state index contributed by atoms with van der Waals surface area (Å²) in [5, 5.41) is 11.7. The van der Waals surface area contributed by atoms with Crippen molar-refractivity contribution in [1.82, 2.24) is 22.8 Å². The first kappa shape index (κ1) is 79.8. The zero-order valence-corrected chi connectivity index (χ0v) is 66.2. The van der Waals surface area contributed by atoms with Gasteiger partial charge >= 0.3 is 23.9 Å². The Kier molecular flexibility index (Phi) is 23.9. The zero-order chi connectivity index (χ0) is 83.4. The average molecular weight is 1560 g/mol. The largest absolute Gasteiger partial charge is 0.423 e. The molecule has 0 aliphatic rings. The van der Waals surface area contributed by atoms with Crippen molar-refractivity contribution >= 4 is 157 Å². The molecule has 18 aromatic rings. The summed E-state index contributed by atoms with van der Waals surface area (Å²) in [7, 11) is 0. The molecule has 0 unspecified atom stereocenters. The second-order valence-corrected chi connectivity index (χ2v) is 28.0. The lowest BCUT2D eigenvalue weighted by Crippen LogP contribution is -2.08. The molecule has 18 rings (SSSR count). The van der Waals surface area contributed by atoms with E-state index in [-0.39, 0.29) is 0 Å². The minimum Gasteiger partial charge on any atom is -0.423 e. The zero-order valence-electron chi connectivity index (χ0n) is 66.2. The van der Waals surface area contributed by atoms with Gasteiger partial charge in [0.2, 0.25) is 0 Å². The minimum atomic E-state index is -0.504. The van der Waals surface area contributed by atoms with Crippen LogP contribution in [0.25, 0.3) is 151 Å². The van der Waals surface area contributed by atoms with Crippen LogP contribution in [0.15, 0.2) is 386 Å². The number of aromatic nitrogens is 5. The molecule has 5 aromatic heterocycles. The summed E-state index contributed by atoms with van der Waals surface area (Å²) in [5.41, 5.74) is 19.7. The molecule has 13 nitrogen and oxygen atoms in total. The number of rotatable bonds is 19. The fourth-order valence-electron chi connectivity index (χ4n) is 15.0. The van der Waals surface area contributed by atoms with E-state index in [9.17, 15) is 19.2 Å². The summed E-state index contributed by atoms with van der Waals surface area (Å²) < 4.78 is 32.1. The maximum atomic E-state index is 11.9. The second kappa shape index (κ2) is 35.7. The average Bonchev–Trinajstić information content (AvgIpc) is 1.61. The molecule has 0 aliphatic carbocycles. The van der Waals surface area contributed by atoms with Gasteiger partial charge in [0.25, 0.3) is 0 Å². The number of para-hydroxylation sites is 6. The van der Waals surface area contributed by atoms with Gasteiger partial charge in [-0.05, 0) is 188 Å². The van der Waals surface area contributed by atoms with Crippen LogP contribution in [0.3, 0.4) is 0 Å². The van der Waals surface area contributed by atoms with E-state index in [1.807, 2.05) is 134 Å². The number of ether oxygens (including phenoxy) is 4. The Hall–Kier alpha value is -15.9. The molecule has 13 heteroatoms. The van der Waals surface area contributed by atoms with E-state index in [0.717, 1.165) is 102 Å². The summed E-state index contributed by atoms with van der Waals surface area (Å²) in [4.78, 5) is 46.6. The third kappa shape index (κ3) is 16.4. The highest BCUT2D eigenvalue weighted by Gasteiger charge is 2.20. The number of nitrogens with zero attached hydrogens (tertiary/aromatic N) is 5. The van der Waals surface area contributed by atoms with Crippen molar-refractivity contribution in [1.29, 1.82) is 0 Å². The lowest BCUT2D eigenvalue weighted by atomic mass is 10.0. The van der Waals surface area contributed by atoms with E-state index < -0.39 is 23.9 Å². The number of carbonyl (C=O) groups excluding carboxylic acids is 4. The van der Waals surface area contributed by atoms with Gasteiger partial charge < -0.3 is 41.8 Å². The van der Waals surface area contributed by atoms with Crippen LogP contribution in [0.5, 0.6) is 23.0 Å². The molecule has 0 bridgehead atoms. The van der Waals surface area contributed by atoms with Gasteiger partial charge in [-0.3, -0.25) is 0 Å². The van der Waals surface area contributed by atoms with Crippen molar-refractivity contribution in [2.75, 3.05) is 0 Å². The predicted molar refractivity (Wildman–Crippen MR) is 495 cm³/mol. The topological polar surface area (TPSA) is 130 Å². The van der Waals surface area contributed by atoms with Crippen molar-refractivity contribution in [2.45, 2.75) is 26.8 Å². The molecule has 0 saturated carbocycles. The van der Waals surface area contributed by atoms with E-state index in [2.05, 4.69) is 240 Å². The molecule has 0 saturated heterocycles. The number of carbonyl (C=O) groups is 4. The van der Waals surface area contributed by atoms with Gasteiger partial charge in [0.1, 0.15) is 23.0 Å². The van der Waals surface area contributed by atoms with Gasteiger partial charge in [-0.25, -0.2) is 19.2 Å². The van der Waals surface area contributed by atoms with Crippen LogP contribution >= 0.6 is 0 Å². The normalized spacial score (nSPS) is 10.8. The molecular weight excluding hydrogens is 1470 g/mol. The Morgan fingerprint density at radius 2 is 0.714 bits per heavy atom. The van der Waals surface area contributed by atoms with Crippen LogP contribution in [-0.2, 0) is 32.1 Å². The standard InChI is InChI=1S/C26H21NO4.C24H17NO4.C22H17N.C18H17N.C16H13N/c1-16(2)25(28)30-19-11-9-18(10-12-19)27-23-8-6-5-7-21(23)22-15-20(13-14-24(22)27)31-26(29)17(3)4;1-3-23(26)28-17-11-9-16(10-12-17)25-21-8-6-5-7-19(21)20-15-18(13-14-22(20)25)29-24(27)4-2;1-3-16-12-14-18(15-13-16)23-21-11-6-5-9-19(21)20-10-7-8-17(4-2)22(20)23;1-3-8-14-9-7-12-17-18(14)15-10-5-6-11-16(15)19(17)13-4-2;1-3-12-9-10-16-14(11-12)13-7-5-6-8-15(13)17(16)4-2/h5-15H,1,3H2,2,4H3;3-15H,1-2H2;3-15H,1-2H2;3-7,9-12H,1-2,8,13H2;3-11H,1-2H2. The molecule has 0 amide bonds. The quantitative estimate of drug-likeness (QED) is 0.0339. The third-order valence-electron chi connectivity index (χ3n) is 20.4. The summed E-state index contributed by atoms with van der Waals surface area (Å²) in [6.07, 6.45) is 14.6. The molecule has 119 heavy (non-hydrogen) atoms. The van der Waals surface area contributed by atoms with Gasteiger partial charge in [-0.2, -0.15) is 0 Å². The lowest BCUT2D eigenvalue weighted by molar-refractivity contribution is -0.130. The van der Waals surface area contributed by atoms with Crippen molar-refractivity contribution in [2.24, 2.45) is 0 Å². The highest BCUT2D eigenvalue weighted by atomic mass is 16.5. The Morgan fingerprint density at radius 1 is 0.328 bits per heavy atom. The molecule has 0 atom stereocenters. The van der Waals surface area contributed by atoms with E-state index in [0.29, 0.717) is 34.1 Å². The number of hydrogen-bond donors (Lipinski definition) is 0. The number of benzene rings is 13. The van der Waals surface area contributed by atoms with Crippen LogP contribution in [0.1, 0.15) is 36.1 Å². The first-order valence-electron chi connectivity index (χ1n) is 38.6. The molecule has 0 fully saturated rings. The monoisotopic (exact) mass is 1560 g/mol. The van der Waals surface area contributed by atoms with Gasteiger partial charge in [-0.15, -0.1) is 13.2 Å². The molecule has 0 spiro atoms. The van der Waals surface area contributed by atoms with Gasteiger partial charge in [0, 0.05) is 118 Å². The number of esters is 4. The van der Waals surface area contributed by atoms with Crippen molar-refractivity contribution in [3.8, 4) is 40.1 Å². The van der Waals surface area contributed by atoms with Crippen LogP contribution in [0.4, 0.5) is 0 Å². The summed E-state index contributed by atoms with van der Waals surface area (Å²) in [6.45, 7) is 41.4. The van der Waals surface area contributed by atoms with Gasteiger partial charge in [0.05, 0.1) is 44.1 Å². The number of allylic oxidation sites excluding steroid dienone is 2. The smallest absolute Gasteiger partial charge is 0.338 e. The lowest BCUT2D eigenvalue weighted by Gasteiger charge is -2.10. The summed E-state index contributed by atoms with van der Waals surface area (Å²) in [6, 6.07) is 94.7. The first-order valence-corrected chi connectivity index (χ1v) is 38.6. The molecule has 0 N–H and O–H groups in total. The van der Waals surface area contributed by atoms with Gasteiger partial charge in [-0.1, -0.05) is 223 Å². The van der Waals surface area contributed by atoms with Crippen molar-refractivity contribution < 1.29 is 38.1 Å². The molecule has 0 radical (unpaired) electrons. The van der Waals surface area contributed by atoms with E-state index in [1.54, 1.807) is 50.2 Å². The highest BCUT2D eigenvalue weighted by molar-refractivity contribution is 6.15. The fraction of sp³-hybridized carbons (Fsp3) is 0.0377. The van der Waals surface area contributed by atoms with Crippen molar-refractivity contribution in [3.05, 3.63) is 409 Å².